The van der Waals surface area contributed by atoms with Gasteiger partial charge in [-0.25, -0.2) is 14.4 Å². The van der Waals surface area contributed by atoms with Crippen LogP contribution in [0.25, 0.3) is 11.0 Å². The summed E-state index contributed by atoms with van der Waals surface area (Å²) in [4.78, 5) is 20.6. The second kappa shape index (κ2) is 5.44. The van der Waals surface area contributed by atoms with E-state index in [9.17, 15) is 9.18 Å². The minimum absolute atomic E-state index is 0.199. The number of hydrogen-bond donors (Lipinski definition) is 1. The van der Waals surface area contributed by atoms with Crippen LogP contribution in [0.15, 0.2) is 47.9 Å². The Kier molecular flexibility index (Phi) is 3.48. The summed E-state index contributed by atoms with van der Waals surface area (Å²) >= 11 is 0. The van der Waals surface area contributed by atoms with Gasteiger partial charge in [0.1, 0.15) is 11.6 Å². The predicted octanol–water partition coefficient (Wildman–Crippen LogP) is 3.45. The molecule has 0 bridgehead atoms. The summed E-state index contributed by atoms with van der Waals surface area (Å²) < 4.78 is 12.9. The molecule has 0 radical (unpaired) electrons. The zero-order valence-corrected chi connectivity index (χ0v) is 11.6. The van der Waals surface area contributed by atoms with Gasteiger partial charge < -0.3 is 5.32 Å². The molecule has 21 heavy (non-hydrogen) atoms. The van der Waals surface area contributed by atoms with Crippen LogP contribution in [0.3, 0.4) is 0 Å². The minimum atomic E-state index is -0.252. The lowest BCUT2D eigenvalue weighted by atomic mass is 10.0. The Labute approximate surface area is 121 Å². The van der Waals surface area contributed by atoms with Crippen LogP contribution in [0.2, 0.25) is 0 Å². The maximum absolute atomic E-state index is 12.9. The van der Waals surface area contributed by atoms with E-state index in [-0.39, 0.29) is 18.2 Å². The number of hydrogen-bond acceptors (Lipinski definition) is 3. The van der Waals surface area contributed by atoms with Crippen LogP contribution in [0.4, 0.5) is 10.2 Å². The van der Waals surface area contributed by atoms with Crippen LogP contribution in [0, 0.1) is 6.92 Å². The van der Waals surface area contributed by atoms with E-state index in [0.29, 0.717) is 23.5 Å². The molecule has 0 atom stereocenters. The van der Waals surface area contributed by atoms with Gasteiger partial charge in [-0.2, -0.15) is 0 Å². The highest BCUT2D eigenvalue weighted by atomic mass is 19.1. The molecule has 2 heterocycles. The van der Waals surface area contributed by atoms with Gasteiger partial charge >= 0.3 is 0 Å². The molecule has 0 unspecified atom stereocenters. The number of aryl methyl sites for hydroxylation is 1. The molecular formula is C16H14FN3O. The molecule has 3 rings (SSSR count). The first-order chi connectivity index (χ1) is 10.1. The van der Waals surface area contributed by atoms with Crippen LogP contribution in [-0.4, -0.2) is 15.9 Å². The third kappa shape index (κ3) is 2.97. The van der Waals surface area contributed by atoms with E-state index in [1.165, 1.54) is 12.2 Å². The Balaban J connectivity index is 1.82. The minimum Gasteiger partial charge on any atom is -0.307 e. The second-order valence-electron chi connectivity index (χ2n) is 5.02. The molecule has 0 saturated heterocycles. The molecule has 1 amide bonds. The number of fused-ring (bicyclic) bond motifs is 1. The Morgan fingerprint density at radius 2 is 2.14 bits per heavy atom. The fourth-order valence-corrected chi connectivity index (χ4v) is 2.19. The summed E-state index contributed by atoms with van der Waals surface area (Å²) in [6.45, 7) is 1.96. The zero-order chi connectivity index (χ0) is 14.8. The SMILES string of the molecule is Cc1cnc2nc(NC(=O)C3=CC=C(F)CC3)ccc2c1. The lowest BCUT2D eigenvalue weighted by Crippen LogP contribution is -2.16. The fourth-order valence-electron chi connectivity index (χ4n) is 2.19. The third-order valence-corrected chi connectivity index (χ3v) is 3.31. The van der Waals surface area contributed by atoms with Crippen molar-refractivity contribution in [1.29, 1.82) is 0 Å². The number of anilines is 1. The first-order valence-electron chi connectivity index (χ1n) is 6.72. The summed E-state index contributed by atoms with van der Waals surface area (Å²) in [5, 5.41) is 3.65. The first kappa shape index (κ1) is 13.4. The van der Waals surface area contributed by atoms with Crippen molar-refractivity contribution in [2.24, 2.45) is 0 Å². The molecule has 1 aliphatic rings. The lowest BCUT2D eigenvalue weighted by molar-refractivity contribution is -0.113. The summed E-state index contributed by atoms with van der Waals surface area (Å²) in [5.74, 6) is -0.00700. The highest BCUT2D eigenvalue weighted by molar-refractivity contribution is 6.03. The molecular weight excluding hydrogens is 269 g/mol. The number of halogens is 1. The molecule has 0 aliphatic heterocycles. The van der Waals surface area contributed by atoms with E-state index in [0.717, 1.165) is 10.9 Å². The molecule has 5 heteroatoms. The van der Waals surface area contributed by atoms with E-state index in [4.69, 9.17) is 0 Å². The van der Waals surface area contributed by atoms with Gasteiger partial charge in [0.15, 0.2) is 5.65 Å². The van der Waals surface area contributed by atoms with E-state index >= 15 is 0 Å². The van der Waals surface area contributed by atoms with Gasteiger partial charge in [0, 0.05) is 23.6 Å². The molecule has 0 aromatic carbocycles. The largest absolute Gasteiger partial charge is 0.307 e. The summed E-state index contributed by atoms with van der Waals surface area (Å²) in [7, 11) is 0. The Hall–Kier alpha value is -2.56. The van der Waals surface area contributed by atoms with E-state index in [1.54, 1.807) is 12.3 Å². The van der Waals surface area contributed by atoms with Gasteiger partial charge in [0.25, 0.3) is 5.91 Å². The number of nitrogens with one attached hydrogen (secondary N) is 1. The van der Waals surface area contributed by atoms with Crippen molar-refractivity contribution >= 4 is 22.8 Å². The fraction of sp³-hybridized carbons (Fsp3) is 0.188. The molecule has 4 nitrogen and oxygen atoms in total. The van der Waals surface area contributed by atoms with Gasteiger partial charge in [-0.1, -0.05) is 6.08 Å². The number of carbonyl (C=O) groups excluding carboxylic acids is 1. The van der Waals surface area contributed by atoms with Crippen molar-refractivity contribution in [3.05, 3.63) is 53.5 Å². The van der Waals surface area contributed by atoms with Crippen LogP contribution in [0.5, 0.6) is 0 Å². The van der Waals surface area contributed by atoms with Crippen molar-refractivity contribution in [3.63, 3.8) is 0 Å². The van der Waals surface area contributed by atoms with Gasteiger partial charge in [-0.3, -0.25) is 4.79 Å². The van der Waals surface area contributed by atoms with Crippen molar-refractivity contribution in [2.75, 3.05) is 5.32 Å². The average Bonchev–Trinajstić information content (AvgIpc) is 2.48. The molecule has 0 saturated carbocycles. The Bertz CT molecular complexity index is 780. The molecule has 1 N–H and O–H groups in total. The molecule has 0 fully saturated rings. The number of carbonyl (C=O) groups is 1. The quantitative estimate of drug-likeness (QED) is 0.918. The van der Waals surface area contributed by atoms with E-state index in [2.05, 4.69) is 15.3 Å². The molecule has 1 aliphatic carbocycles. The summed E-state index contributed by atoms with van der Waals surface area (Å²) in [6.07, 6.45) is 5.25. The highest BCUT2D eigenvalue weighted by Crippen LogP contribution is 2.21. The Morgan fingerprint density at radius 3 is 2.90 bits per heavy atom. The van der Waals surface area contributed by atoms with Crippen molar-refractivity contribution in [3.8, 4) is 0 Å². The number of allylic oxidation sites excluding steroid dienone is 3. The number of rotatable bonds is 2. The van der Waals surface area contributed by atoms with Crippen LogP contribution in [-0.2, 0) is 4.79 Å². The smallest absolute Gasteiger partial charge is 0.252 e. The molecule has 106 valence electrons. The van der Waals surface area contributed by atoms with Crippen molar-refractivity contribution in [1.82, 2.24) is 9.97 Å². The summed E-state index contributed by atoms with van der Waals surface area (Å²) in [5.41, 5.74) is 2.19. The molecule has 2 aromatic heterocycles. The standard InChI is InChI=1S/C16H14FN3O/c1-10-8-12-4-7-14(19-15(12)18-9-10)20-16(21)11-2-5-13(17)6-3-11/h2,4-5,7-9H,3,6H2,1H3,(H,18,19,20,21). The third-order valence-electron chi connectivity index (χ3n) is 3.31. The van der Waals surface area contributed by atoms with Crippen LogP contribution >= 0.6 is 0 Å². The van der Waals surface area contributed by atoms with Crippen LogP contribution < -0.4 is 5.32 Å². The second-order valence-corrected chi connectivity index (χ2v) is 5.02. The predicted molar refractivity (Wildman–Crippen MR) is 79.4 cm³/mol. The monoisotopic (exact) mass is 283 g/mol. The number of amides is 1. The maximum Gasteiger partial charge on any atom is 0.252 e. The highest BCUT2D eigenvalue weighted by Gasteiger charge is 2.14. The van der Waals surface area contributed by atoms with Crippen molar-refractivity contribution < 1.29 is 9.18 Å². The van der Waals surface area contributed by atoms with E-state index < -0.39 is 0 Å². The normalized spacial score (nSPS) is 14.6. The number of pyridine rings is 2. The number of nitrogens with zero attached hydrogens (tertiary/aromatic N) is 2. The molecule has 2 aromatic rings. The van der Waals surface area contributed by atoms with Crippen LogP contribution in [0.1, 0.15) is 18.4 Å². The van der Waals surface area contributed by atoms with Gasteiger partial charge in [0.05, 0.1) is 0 Å². The van der Waals surface area contributed by atoms with Gasteiger partial charge in [-0.15, -0.1) is 0 Å². The molecule has 0 spiro atoms. The number of aromatic nitrogens is 2. The van der Waals surface area contributed by atoms with Gasteiger partial charge in [0.2, 0.25) is 0 Å². The maximum atomic E-state index is 12.9. The summed E-state index contributed by atoms with van der Waals surface area (Å²) in [6, 6.07) is 5.59. The topological polar surface area (TPSA) is 54.9 Å². The average molecular weight is 283 g/mol. The Morgan fingerprint density at radius 1 is 1.29 bits per heavy atom. The van der Waals surface area contributed by atoms with Crippen molar-refractivity contribution in [2.45, 2.75) is 19.8 Å². The first-order valence-corrected chi connectivity index (χ1v) is 6.72. The zero-order valence-electron chi connectivity index (χ0n) is 11.6. The van der Waals surface area contributed by atoms with Gasteiger partial charge in [-0.05, 0) is 43.2 Å². The van der Waals surface area contributed by atoms with E-state index in [1.807, 2.05) is 19.1 Å². The lowest BCUT2D eigenvalue weighted by Gasteiger charge is -2.10.